The minimum Gasteiger partial charge on any atom is -0.328 e. The van der Waals surface area contributed by atoms with Crippen LogP contribution in [0, 0.1) is 0 Å². The number of nitrogens with zero attached hydrogens (tertiary/aromatic N) is 5. The van der Waals surface area contributed by atoms with Gasteiger partial charge >= 0.3 is 0 Å². The van der Waals surface area contributed by atoms with Gasteiger partial charge in [0.05, 0.1) is 32.6 Å². The number of aryl methyl sites for hydroxylation is 1. The molecule has 1 atom stereocenters. The highest BCUT2D eigenvalue weighted by atomic mass is 32.2. The normalized spacial score (nSPS) is 13.2. The van der Waals surface area contributed by atoms with Gasteiger partial charge < -0.3 is 4.57 Å². The summed E-state index contributed by atoms with van der Waals surface area (Å²) >= 11 is 1.47. The average Bonchev–Trinajstić information content (AvgIpc) is 3.19. The number of fused-ring (bicyclic) bond motifs is 2. The molecular formula is C24H29N5O3S2. The van der Waals surface area contributed by atoms with E-state index >= 15 is 0 Å². The van der Waals surface area contributed by atoms with E-state index in [1.165, 1.54) is 30.2 Å². The van der Waals surface area contributed by atoms with E-state index in [4.69, 9.17) is 9.97 Å². The molecule has 4 rings (SSSR count). The molecule has 0 aliphatic carbocycles. The molecule has 2 aromatic carbocycles. The zero-order valence-electron chi connectivity index (χ0n) is 20.0. The van der Waals surface area contributed by atoms with Crippen LogP contribution in [0.5, 0.6) is 0 Å². The van der Waals surface area contributed by atoms with E-state index < -0.39 is 10.0 Å². The Bertz CT molecular complexity index is 1520. The molecule has 0 amide bonds. The van der Waals surface area contributed by atoms with E-state index in [0.29, 0.717) is 33.9 Å². The maximum atomic E-state index is 13.2. The van der Waals surface area contributed by atoms with Gasteiger partial charge in [-0.1, -0.05) is 30.8 Å². The summed E-state index contributed by atoms with van der Waals surface area (Å²) in [6.45, 7) is 6.80. The molecule has 0 bridgehead atoms. The third kappa shape index (κ3) is 4.25. The van der Waals surface area contributed by atoms with Gasteiger partial charge in [0.2, 0.25) is 10.0 Å². The van der Waals surface area contributed by atoms with Crippen molar-refractivity contribution in [2.75, 3.05) is 14.1 Å². The van der Waals surface area contributed by atoms with Crippen molar-refractivity contribution in [2.45, 2.75) is 55.6 Å². The maximum Gasteiger partial charge on any atom is 0.262 e. The quantitative estimate of drug-likeness (QED) is 0.266. The number of sulfonamides is 1. The number of imidazole rings is 1. The standard InChI is InChI=1S/C24H29N5O3S2/c1-6-16(3)29-23(30)18-10-8-9-11-19(18)26-24(29)33-15-22-25-20-14-17(34(31,32)27(4)5)12-13-21(20)28(22)7-2/h8-14,16H,6-7,15H2,1-5H3. The van der Waals surface area contributed by atoms with E-state index in [1.54, 1.807) is 22.8 Å². The molecule has 10 heteroatoms. The molecule has 8 nitrogen and oxygen atoms in total. The zero-order chi connectivity index (χ0) is 24.6. The molecular weight excluding hydrogens is 470 g/mol. The predicted molar refractivity (Wildman–Crippen MR) is 137 cm³/mol. The summed E-state index contributed by atoms with van der Waals surface area (Å²) in [7, 11) is -0.520. The first-order chi connectivity index (χ1) is 16.2. The number of hydrogen-bond acceptors (Lipinski definition) is 6. The number of para-hydroxylation sites is 1. The lowest BCUT2D eigenvalue weighted by Gasteiger charge is -2.18. The lowest BCUT2D eigenvalue weighted by Crippen LogP contribution is -2.26. The molecule has 0 saturated heterocycles. The Balaban J connectivity index is 1.76. The van der Waals surface area contributed by atoms with E-state index in [-0.39, 0.29) is 16.5 Å². The summed E-state index contributed by atoms with van der Waals surface area (Å²) in [5.74, 6) is 1.31. The second kappa shape index (κ2) is 9.52. The fourth-order valence-electron chi connectivity index (χ4n) is 3.92. The number of rotatable bonds is 8. The number of aromatic nitrogens is 4. The lowest BCUT2D eigenvalue weighted by atomic mass is 10.2. The van der Waals surface area contributed by atoms with Crippen molar-refractivity contribution in [2.24, 2.45) is 0 Å². The van der Waals surface area contributed by atoms with E-state index in [9.17, 15) is 13.2 Å². The zero-order valence-corrected chi connectivity index (χ0v) is 21.7. The molecule has 0 fully saturated rings. The molecule has 34 heavy (non-hydrogen) atoms. The van der Waals surface area contributed by atoms with Gasteiger partial charge in [-0.05, 0) is 50.6 Å². The van der Waals surface area contributed by atoms with Gasteiger partial charge in [-0.2, -0.15) is 0 Å². The fourth-order valence-corrected chi connectivity index (χ4v) is 5.89. The number of hydrogen-bond donors (Lipinski definition) is 0. The van der Waals surface area contributed by atoms with Crippen molar-refractivity contribution in [1.29, 1.82) is 0 Å². The highest BCUT2D eigenvalue weighted by Gasteiger charge is 2.21. The molecule has 0 N–H and O–H groups in total. The molecule has 2 heterocycles. The summed E-state index contributed by atoms with van der Waals surface area (Å²) in [4.78, 5) is 23.0. The van der Waals surface area contributed by atoms with Crippen molar-refractivity contribution in [3.63, 3.8) is 0 Å². The van der Waals surface area contributed by atoms with Crippen molar-refractivity contribution < 1.29 is 8.42 Å². The Morgan fingerprint density at radius 2 is 1.79 bits per heavy atom. The Morgan fingerprint density at radius 3 is 2.47 bits per heavy atom. The summed E-state index contributed by atoms with van der Waals surface area (Å²) in [6.07, 6.45) is 0.810. The van der Waals surface area contributed by atoms with Gasteiger partial charge in [-0.25, -0.2) is 22.7 Å². The first-order valence-corrected chi connectivity index (χ1v) is 13.7. The lowest BCUT2D eigenvalue weighted by molar-refractivity contribution is 0.468. The van der Waals surface area contributed by atoms with Crippen LogP contribution in [-0.2, 0) is 22.3 Å². The van der Waals surface area contributed by atoms with Crippen molar-refractivity contribution in [1.82, 2.24) is 23.4 Å². The van der Waals surface area contributed by atoms with Gasteiger partial charge in [0.15, 0.2) is 5.16 Å². The van der Waals surface area contributed by atoms with Gasteiger partial charge in [0.1, 0.15) is 5.82 Å². The summed E-state index contributed by atoms with van der Waals surface area (Å²) in [5, 5.41) is 1.27. The minimum atomic E-state index is -3.55. The molecule has 0 aliphatic rings. The molecule has 0 saturated carbocycles. The average molecular weight is 500 g/mol. The molecule has 0 radical (unpaired) electrons. The van der Waals surface area contributed by atoms with E-state index in [1.807, 2.05) is 38.1 Å². The van der Waals surface area contributed by atoms with Crippen LogP contribution in [0.25, 0.3) is 21.9 Å². The predicted octanol–water partition coefficient (Wildman–Crippen LogP) is 4.28. The smallest absolute Gasteiger partial charge is 0.262 e. The highest BCUT2D eigenvalue weighted by Crippen LogP contribution is 2.28. The largest absolute Gasteiger partial charge is 0.328 e. The second-order valence-electron chi connectivity index (χ2n) is 8.34. The number of benzene rings is 2. The first-order valence-electron chi connectivity index (χ1n) is 11.2. The van der Waals surface area contributed by atoms with Crippen LogP contribution >= 0.6 is 11.8 Å². The van der Waals surface area contributed by atoms with Crippen LogP contribution in [0.15, 0.2) is 57.3 Å². The third-order valence-electron chi connectivity index (χ3n) is 6.03. The molecule has 2 aromatic heterocycles. The summed E-state index contributed by atoms with van der Waals surface area (Å²) in [6, 6.07) is 12.5. The fraction of sp³-hybridized carbons (Fsp3) is 0.375. The van der Waals surface area contributed by atoms with Gasteiger partial charge in [-0.15, -0.1) is 0 Å². The Labute approximate surface area is 203 Å². The Kier molecular flexibility index (Phi) is 6.84. The highest BCUT2D eigenvalue weighted by molar-refractivity contribution is 7.98. The third-order valence-corrected chi connectivity index (χ3v) is 8.79. The topological polar surface area (TPSA) is 90.1 Å². The summed E-state index contributed by atoms with van der Waals surface area (Å²) in [5.41, 5.74) is 2.15. The van der Waals surface area contributed by atoms with E-state index in [0.717, 1.165) is 17.8 Å². The molecule has 0 aliphatic heterocycles. The minimum absolute atomic E-state index is 0.0101. The molecule has 0 spiro atoms. The van der Waals surface area contributed by atoms with Crippen LogP contribution in [0.1, 0.15) is 39.1 Å². The molecule has 180 valence electrons. The van der Waals surface area contributed by atoms with Crippen molar-refractivity contribution in [3.8, 4) is 0 Å². The van der Waals surface area contributed by atoms with Gasteiger partial charge in [0, 0.05) is 26.7 Å². The summed E-state index contributed by atoms with van der Waals surface area (Å²) < 4.78 is 30.2. The van der Waals surface area contributed by atoms with Crippen LogP contribution < -0.4 is 5.56 Å². The SMILES string of the molecule is CCC(C)n1c(SCc2nc3cc(S(=O)(=O)N(C)C)ccc3n2CC)nc2ccccc2c1=O. The van der Waals surface area contributed by atoms with Crippen LogP contribution in [0.2, 0.25) is 0 Å². The molecule has 1 unspecified atom stereocenters. The van der Waals surface area contributed by atoms with Crippen molar-refractivity contribution >= 4 is 43.7 Å². The Hall–Kier alpha value is -2.69. The maximum absolute atomic E-state index is 13.2. The van der Waals surface area contributed by atoms with E-state index in [2.05, 4.69) is 11.5 Å². The monoisotopic (exact) mass is 499 g/mol. The van der Waals surface area contributed by atoms with Crippen LogP contribution in [0.3, 0.4) is 0 Å². The van der Waals surface area contributed by atoms with Crippen LogP contribution in [-0.4, -0.2) is 45.9 Å². The number of thioether (sulfide) groups is 1. The van der Waals surface area contributed by atoms with Gasteiger partial charge in [-0.3, -0.25) is 9.36 Å². The van der Waals surface area contributed by atoms with Gasteiger partial charge in [0.25, 0.3) is 5.56 Å². The Morgan fingerprint density at radius 1 is 1.06 bits per heavy atom. The second-order valence-corrected chi connectivity index (χ2v) is 11.4. The first kappa shape index (κ1) is 24.4. The molecule has 4 aromatic rings. The van der Waals surface area contributed by atoms with Crippen molar-refractivity contribution in [3.05, 3.63) is 58.6 Å². The van der Waals surface area contributed by atoms with Crippen LogP contribution in [0.4, 0.5) is 0 Å².